The van der Waals surface area contributed by atoms with E-state index >= 15 is 0 Å². The average Bonchev–Trinajstić information content (AvgIpc) is 2.25. The van der Waals surface area contributed by atoms with Gasteiger partial charge in [-0.2, -0.15) is 5.26 Å². The first kappa shape index (κ1) is 13.5. The molecule has 0 amide bonds. The summed E-state index contributed by atoms with van der Waals surface area (Å²) >= 11 is 0. The van der Waals surface area contributed by atoms with Gasteiger partial charge in [0.05, 0.1) is 23.7 Å². The molecule has 0 saturated carbocycles. The van der Waals surface area contributed by atoms with E-state index in [1.807, 2.05) is 6.92 Å². The molecule has 0 bridgehead atoms. The minimum Gasteiger partial charge on any atom is -0.388 e. The van der Waals surface area contributed by atoms with Crippen molar-refractivity contribution >= 4 is 0 Å². The first-order valence-corrected chi connectivity index (χ1v) is 6.27. The highest BCUT2D eigenvalue weighted by atomic mass is 16.5. The average molecular weight is 225 g/mol. The highest BCUT2D eigenvalue weighted by molar-refractivity contribution is 5.01. The zero-order chi connectivity index (χ0) is 12.2. The Hall–Kier alpha value is -0.590. The second-order valence-electron chi connectivity index (χ2n) is 5.18. The van der Waals surface area contributed by atoms with Gasteiger partial charge in [0.2, 0.25) is 0 Å². The maximum atomic E-state index is 10.6. The molecule has 1 N–H and O–H groups in total. The highest BCUT2D eigenvalue weighted by Crippen LogP contribution is 2.36. The van der Waals surface area contributed by atoms with Crippen molar-refractivity contribution in [3.05, 3.63) is 0 Å². The molecule has 1 fully saturated rings. The van der Waals surface area contributed by atoms with Crippen LogP contribution >= 0.6 is 0 Å². The second kappa shape index (κ2) is 5.65. The van der Waals surface area contributed by atoms with E-state index in [0.717, 1.165) is 12.8 Å². The summed E-state index contributed by atoms with van der Waals surface area (Å²) in [7, 11) is 0. The monoisotopic (exact) mass is 225 g/mol. The van der Waals surface area contributed by atoms with Crippen LogP contribution in [0.5, 0.6) is 0 Å². The van der Waals surface area contributed by atoms with Gasteiger partial charge in [-0.15, -0.1) is 0 Å². The first-order valence-electron chi connectivity index (χ1n) is 6.27. The zero-order valence-corrected chi connectivity index (χ0v) is 10.6. The molecule has 92 valence electrons. The smallest absolute Gasteiger partial charge is 0.0851 e. The molecule has 3 atom stereocenters. The summed E-state index contributed by atoms with van der Waals surface area (Å²) in [6, 6.07) is 2.27. The van der Waals surface area contributed by atoms with Crippen LogP contribution in [0.25, 0.3) is 0 Å². The Kier molecular flexibility index (Phi) is 4.76. The van der Waals surface area contributed by atoms with E-state index in [-0.39, 0.29) is 12.0 Å². The van der Waals surface area contributed by atoms with E-state index in [1.54, 1.807) is 0 Å². The predicted octanol–water partition coefficient (Wildman–Crippen LogP) is 2.49. The molecule has 3 unspecified atom stereocenters. The maximum absolute atomic E-state index is 10.6. The Bertz CT molecular complexity index is 259. The van der Waals surface area contributed by atoms with Crippen LogP contribution in [-0.4, -0.2) is 23.4 Å². The fraction of sp³-hybridized carbons (Fsp3) is 0.923. The standard InChI is InChI=1S/C13H23NO2/c1-4-5-11(9-14)13(15)6-7-16-12(8-13)10(2)3/h10-12,15H,4-8H2,1-3H3. The summed E-state index contributed by atoms with van der Waals surface area (Å²) in [4.78, 5) is 0. The number of ether oxygens (including phenoxy) is 1. The molecular formula is C13H23NO2. The van der Waals surface area contributed by atoms with E-state index in [1.165, 1.54) is 0 Å². The minimum atomic E-state index is -0.835. The molecular weight excluding hydrogens is 202 g/mol. The van der Waals surface area contributed by atoms with E-state index in [9.17, 15) is 5.11 Å². The van der Waals surface area contributed by atoms with Crippen LogP contribution in [0, 0.1) is 23.2 Å². The molecule has 1 rings (SSSR count). The van der Waals surface area contributed by atoms with Crippen LogP contribution in [0.4, 0.5) is 0 Å². The summed E-state index contributed by atoms with van der Waals surface area (Å²) in [5, 5.41) is 19.7. The molecule has 1 aliphatic rings. The van der Waals surface area contributed by atoms with Crippen molar-refractivity contribution < 1.29 is 9.84 Å². The summed E-state index contributed by atoms with van der Waals surface area (Å²) in [5.41, 5.74) is -0.835. The molecule has 0 radical (unpaired) electrons. The van der Waals surface area contributed by atoms with Gasteiger partial charge in [0, 0.05) is 19.4 Å². The van der Waals surface area contributed by atoms with Crippen molar-refractivity contribution in [1.29, 1.82) is 5.26 Å². The summed E-state index contributed by atoms with van der Waals surface area (Å²) < 4.78 is 5.64. The van der Waals surface area contributed by atoms with Crippen molar-refractivity contribution in [3.63, 3.8) is 0 Å². The third kappa shape index (κ3) is 2.96. The summed E-state index contributed by atoms with van der Waals surface area (Å²) in [6.45, 7) is 6.81. The molecule has 0 aromatic rings. The third-order valence-electron chi connectivity index (χ3n) is 3.55. The van der Waals surface area contributed by atoms with Gasteiger partial charge in [0.15, 0.2) is 0 Å². The van der Waals surface area contributed by atoms with Crippen molar-refractivity contribution in [2.75, 3.05) is 6.61 Å². The van der Waals surface area contributed by atoms with E-state index in [0.29, 0.717) is 25.4 Å². The Labute approximate surface area is 98.4 Å². The summed E-state index contributed by atoms with van der Waals surface area (Å²) in [5.74, 6) is 0.149. The Morgan fingerprint density at radius 1 is 1.56 bits per heavy atom. The molecule has 0 aliphatic carbocycles. The van der Waals surface area contributed by atoms with Crippen LogP contribution in [-0.2, 0) is 4.74 Å². The van der Waals surface area contributed by atoms with Crippen LogP contribution in [0.15, 0.2) is 0 Å². The quantitative estimate of drug-likeness (QED) is 0.799. The lowest BCUT2D eigenvalue weighted by Gasteiger charge is -2.41. The third-order valence-corrected chi connectivity index (χ3v) is 3.55. The Morgan fingerprint density at radius 2 is 2.25 bits per heavy atom. The van der Waals surface area contributed by atoms with Crippen molar-refractivity contribution in [1.82, 2.24) is 0 Å². The van der Waals surface area contributed by atoms with Crippen LogP contribution in [0.1, 0.15) is 46.5 Å². The first-order chi connectivity index (χ1) is 7.53. The van der Waals surface area contributed by atoms with Gasteiger partial charge >= 0.3 is 0 Å². The second-order valence-corrected chi connectivity index (χ2v) is 5.18. The van der Waals surface area contributed by atoms with Gasteiger partial charge in [-0.25, -0.2) is 0 Å². The highest BCUT2D eigenvalue weighted by Gasteiger charge is 2.42. The van der Waals surface area contributed by atoms with E-state index < -0.39 is 5.60 Å². The van der Waals surface area contributed by atoms with Crippen LogP contribution in [0.3, 0.4) is 0 Å². The minimum absolute atomic E-state index is 0.0893. The fourth-order valence-electron chi connectivity index (χ4n) is 2.38. The van der Waals surface area contributed by atoms with Crippen molar-refractivity contribution in [2.45, 2.75) is 58.2 Å². The van der Waals surface area contributed by atoms with E-state index in [2.05, 4.69) is 19.9 Å². The van der Waals surface area contributed by atoms with Gasteiger partial charge in [-0.05, 0) is 12.3 Å². The van der Waals surface area contributed by atoms with Gasteiger partial charge in [-0.1, -0.05) is 27.2 Å². The lowest BCUT2D eigenvalue weighted by Crippen LogP contribution is -2.47. The predicted molar refractivity (Wildman–Crippen MR) is 62.8 cm³/mol. The number of hydrogen-bond acceptors (Lipinski definition) is 3. The fourth-order valence-corrected chi connectivity index (χ4v) is 2.38. The van der Waals surface area contributed by atoms with Crippen molar-refractivity contribution in [2.24, 2.45) is 11.8 Å². The normalized spacial score (nSPS) is 32.4. The molecule has 0 spiro atoms. The van der Waals surface area contributed by atoms with Gasteiger partial charge in [0.1, 0.15) is 0 Å². The Balaban J connectivity index is 2.71. The maximum Gasteiger partial charge on any atom is 0.0851 e. The SMILES string of the molecule is CCCC(C#N)C1(O)CCOC(C(C)C)C1. The molecule has 16 heavy (non-hydrogen) atoms. The van der Waals surface area contributed by atoms with Crippen LogP contribution in [0.2, 0.25) is 0 Å². The Morgan fingerprint density at radius 3 is 2.75 bits per heavy atom. The molecule has 3 nitrogen and oxygen atoms in total. The molecule has 0 aromatic carbocycles. The molecule has 0 aromatic heterocycles. The number of hydrogen-bond donors (Lipinski definition) is 1. The number of nitriles is 1. The number of rotatable bonds is 4. The van der Waals surface area contributed by atoms with Gasteiger partial charge in [0.25, 0.3) is 0 Å². The zero-order valence-electron chi connectivity index (χ0n) is 10.6. The molecule has 1 saturated heterocycles. The lowest BCUT2D eigenvalue weighted by atomic mass is 9.76. The van der Waals surface area contributed by atoms with E-state index in [4.69, 9.17) is 10.00 Å². The molecule has 1 aliphatic heterocycles. The summed E-state index contributed by atoms with van der Waals surface area (Å²) in [6.07, 6.45) is 2.99. The molecule has 1 heterocycles. The lowest BCUT2D eigenvalue weighted by molar-refractivity contribution is -0.134. The largest absolute Gasteiger partial charge is 0.388 e. The van der Waals surface area contributed by atoms with Crippen LogP contribution < -0.4 is 0 Å². The topological polar surface area (TPSA) is 53.2 Å². The molecule has 3 heteroatoms. The number of nitrogens with zero attached hydrogens (tertiary/aromatic N) is 1. The van der Waals surface area contributed by atoms with Crippen molar-refractivity contribution in [3.8, 4) is 6.07 Å². The van der Waals surface area contributed by atoms with Gasteiger partial charge < -0.3 is 9.84 Å². The number of aliphatic hydroxyl groups is 1. The van der Waals surface area contributed by atoms with Gasteiger partial charge in [-0.3, -0.25) is 0 Å².